The van der Waals surface area contributed by atoms with Crippen molar-refractivity contribution in [1.82, 2.24) is 4.57 Å². The summed E-state index contributed by atoms with van der Waals surface area (Å²) in [7, 11) is 1.67. The van der Waals surface area contributed by atoms with E-state index in [0.29, 0.717) is 6.54 Å². The number of nitrogens with zero attached hydrogens (tertiary/aromatic N) is 2. The number of fused-ring (bicyclic) bond motifs is 1. The minimum absolute atomic E-state index is 0.0675. The van der Waals surface area contributed by atoms with Gasteiger partial charge in [-0.05, 0) is 68.8 Å². The Balaban J connectivity index is 1.80. The van der Waals surface area contributed by atoms with Crippen LogP contribution >= 0.6 is 0 Å². The van der Waals surface area contributed by atoms with Crippen molar-refractivity contribution in [3.63, 3.8) is 0 Å². The molecule has 0 N–H and O–H groups in total. The molecule has 0 spiro atoms. The van der Waals surface area contributed by atoms with Crippen molar-refractivity contribution in [3.05, 3.63) is 77.1 Å². The van der Waals surface area contributed by atoms with Crippen LogP contribution in [0.3, 0.4) is 0 Å². The summed E-state index contributed by atoms with van der Waals surface area (Å²) in [5.41, 5.74) is 7.12. The van der Waals surface area contributed by atoms with Crippen molar-refractivity contribution in [2.45, 2.75) is 20.8 Å². The van der Waals surface area contributed by atoms with Crippen LogP contribution in [0.2, 0.25) is 0 Å². The molecule has 0 radical (unpaired) electrons. The SMILES string of the molecule is CCN1C(=O)C(=Cc2cc(C)n(-c3ccc(OC)cc3)c2C)c2ccccc21. The smallest absolute Gasteiger partial charge is 0.258 e. The molecule has 142 valence electrons. The van der Waals surface area contributed by atoms with Crippen LogP contribution in [0, 0.1) is 13.8 Å². The van der Waals surface area contributed by atoms with E-state index in [-0.39, 0.29) is 5.91 Å². The average Bonchev–Trinajstić information content (AvgIpc) is 3.15. The van der Waals surface area contributed by atoms with Gasteiger partial charge in [0.05, 0.1) is 12.8 Å². The Kier molecular flexibility index (Phi) is 4.55. The molecular formula is C24H24N2O2. The second-order valence-corrected chi connectivity index (χ2v) is 6.98. The van der Waals surface area contributed by atoms with Gasteiger partial charge in [0.15, 0.2) is 0 Å². The minimum atomic E-state index is 0.0675. The molecule has 0 unspecified atom stereocenters. The summed E-state index contributed by atoms with van der Waals surface area (Å²) >= 11 is 0. The third kappa shape index (κ3) is 2.82. The second-order valence-electron chi connectivity index (χ2n) is 6.98. The Hall–Kier alpha value is -3.27. The lowest BCUT2D eigenvalue weighted by molar-refractivity contribution is -0.112. The number of hydrogen-bond donors (Lipinski definition) is 0. The Morgan fingerprint density at radius 3 is 2.43 bits per heavy atom. The molecule has 2 heterocycles. The third-order valence-electron chi connectivity index (χ3n) is 5.38. The summed E-state index contributed by atoms with van der Waals surface area (Å²) in [6.45, 7) is 6.85. The normalized spacial score (nSPS) is 14.6. The van der Waals surface area contributed by atoms with Crippen LogP contribution < -0.4 is 9.64 Å². The average molecular weight is 372 g/mol. The zero-order chi connectivity index (χ0) is 19.8. The maximum absolute atomic E-state index is 13.0. The summed E-state index contributed by atoms with van der Waals surface area (Å²) in [5.74, 6) is 0.902. The molecule has 0 atom stereocenters. The number of methoxy groups -OCH3 is 1. The quantitative estimate of drug-likeness (QED) is 0.603. The highest BCUT2D eigenvalue weighted by Crippen LogP contribution is 2.38. The lowest BCUT2D eigenvalue weighted by Gasteiger charge is -2.13. The van der Waals surface area contributed by atoms with Gasteiger partial charge < -0.3 is 14.2 Å². The van der Waals surface area contributed by atoms with Crippen LogP contribution in [0.15, 0.2) is 54.6 Å². The lowest BCUT2D eigenvalue weighted by Crippen LogP contribution is -2.25. The summed E-state index contributed by atoms with van der Waals surface area (Å²) in [4.78, 5) is 14.8. The number of aryl methyl sites for hydroxylation is 1. The van der Waals surface area contributed by atoms with E-state index in [1.165, 1.54) is 0 Å². The number of rotatable bonds is 4. The Morgan fingerprint density at radius 2 is 1.75 bits per heavy atom. The molecule has 4 rings (SSSR count). The molecule has 3 aromatic rings. The number of likely N-dealkylation sites (N-methyl/N-ethyl adjacent to an activating group) is 1. The van der Waals surface area contributed by atoms with Gasteiger partial charge in [-0.25, -0.2) is 0 Å². The van der Waals surface area contributed by atoms with Crippen LogP contribution in [-0.2, 0) is 4.79 Å². The molecule has 0 bridgehead atoms. The van der Waals surface area contributed by atoms with E-state index in [0.717, 1.165) is 45.2 Å². The predicted molar refractivity (Wildman–Crippen MR) is 114 cm³/mol. The van der Waals surface area contributed by atoms with Crippen LogP contribution in [0.25, 0.3) is 17.3 Å². The fourth-order valence-corrected chi connectivity index (χ4v) is 3.98. The monoisotopic (exact) mass is 372 g/mol. The van der Waals surface area contributed by atoms with Crippen molar-refractivity contribution in [1.29, 1.82) is 0 Å². The summed E-state index contributed by atoms with van der Waals surface area (Å²) in [6, 6.07) is 18.2. The van der Waals surface area contributed by atoms with Gasteiger partial charge in [0, 0.05) is 34.8 Å². The largest absolute Gasteiger partial charge is 0.497 e. The van der Waals surface area contributed by atoms with Crippen LogP contribution in [0.1, 0.15) is 29.4 Å². The molecular weight excluding hydrogens is 348 g/mol. The lowest BCUT2D eigenvalue weighted by atomic mass is 10.0. The number of ether oxygens (including phenoxy) is 1. The number of para-hydroxylation sites is 1. The molecule has 0 aliphatic carbocycles. The van der Waals surface area contributed by atoms with E-state index in [1.54, 1.807) is 7.11 Å². The molecule has 4 nitrogen and oxygen atoms in total. The maximum atomic E-state index is 13.0. The number of aromatic nitrogens is 1. The number of amides is 1. The van der Waals surface area contributed by atoms with Crippen molar-refractivity contribution in [2.24, 2.45) is 0 Å². The highest BCUT2D eigenvalue weighted by molar-refractivity contribution is 6.35. The van der Waals surface area contributed by atoms with Crippen molar-refractivity contribution in [3.8, 4) is 11.4 Å². The summed E-state index contributed by atoms with van der Waals surface area (Å²) < 4.78 is 7.47. The van der Waals surface area contributed by atoms with E-state index >= 15 is 0 Å². The summed E-state index contributed by atoms with van der Waals surface area (Å²) in [6.07, 6.45) is 2.03. The van der Waals surface area contributed by atoms with E-state index in [9.17, 15) is 4.79 Å². The third-order valence-corrected chi connectivity index (χ3v) is 5.38. The molecule has 1 amide bonds. The number of hydrogen-bond acceptors (Lipinski definition) is 2. The molecule has 1 aliphatic heterocycles. The first kappa shape index (κ1) is 18.1. The first-order chi connectivity index (χ1) is 13.5. The maximum Gasteiger partial charge on any atom is 0.258 e. The minimum Gasteiger partial charge on any atom is -0.497 e. The van der Waals surface area contributed by atoms with Gasteiger partial charge in [-0.15, -0.1) is 0 Å². The fourth-order valence-electron chi connectivity index (χ4n) is 3.98. The first-order valence-electron chi connectivity index (χ1n) is 9.51. The number of carbonyl (C=O) groups excluding carboxylic acids is 1. The number of carbonyl (C=O) groups is 1. The van der Waals surface area contributed by atoms with E-state index < -0.39 is 0 Å². The highest BCUT2D eigenvalue weighted by atomic mass is 16.5. The van der Waals surface area contributed by atoms with Crippen LogP contribution in [0.5, 0.6) is 5.75 Å². The van der Waals surface area contributed by atoms with Gasteiger partial charge in [0.1, 0.15) is 5.75 Å². The van der Waals surface area contributed by atoms with Gasteiger partial charge in [-0.3, -0.25) is 4.79 Å². The van der Waals surface area contributed by atoms with Crippen molar-refractivity contribution in [2.75, 3.05) is 18.6 Å². The van der Waals surface area contributed by atoms with Crippen LogP contribution in [0.4, 0.5) is 5.69 Å². The van der Waals surface area contributed by atoms with Crippen LogP contribution in [-0.4, -0.2) is 24.1 Å². The van der Waals surface area contributed by atoms with Gasteiger partial charge in [-0.2, -0.15) is 0 Å². The second kappa shape index (κ2) is 7.04. The molecule has 28 heavy (non-hydrogen) atoms. The van der Waals surface area contributed by atoms with Crippen molar-refractivity contribution < 1.29 is 9.53 Å². The zero-order valence-corrected chi connectivity index (χ0v) is 16.7. The summed E-state index contributed by atoms with van der Waals surface area (Å²) in [5, 5.41) is 0. The zero-order valence-electron chi connectivity index (χ0n) is 16.7. The molecule has 2 aromatic carbocycles. The van der Waals surface area contributed by atoms with Gasteiger partial charge in [0.25, 0.3) is 5.91 Å². The molecule has 0 saturated heterocycles. The number of anilines is 1. The van der Waals surface area contributed by atoms with E-state index in [2.05, 4.69) is 24.5 Å². The van der Waals surface area contributed by atoms with Gasteiger partial charge >= 0.3 is 0 Å². The van der Waals surface area contributed by atoms with Gasteiger partial charge in [0.2, 0.25) is 0 Å². The van der Waals surface area contributed by atoms with Crippen molar-refractivity contribution >= 4 is 23.2 Å². The Morgan fingerprint density at radius 1 is 1.04 bits per heavy atom. The Bertz CT molecular complexity index is 1070. The molecule has 0 saturated carbocycles. The molecule has 0 fully saturated rings. The van der Waals surface area contributed by atoms with E-state index in [4.69, 9.17) is 4.74 Å². The van der Waals surface area contributed by atoms with E-state index in [1.807, 2.05) is 66.4 Å². The first-order valence-corrected chi connectivity index (χ1v) is 9.51. The Labute approximate surface area is 165 Å². The van der Waals surface area contributed by atoms with Gasteiger partial charge in [-0.1, -0.05) is 18.2 Å². The highest BCUT2D eigenvalue weighted by Gasteiger charge is 2.31. The topological polar surface area (TPSA) is 34.5 Å². The standard InChI is InChI=1S/C24H24N2O2/c1-5-25-23-9-7-6-8-21(23)22(24(25)27)15-18-14-16(2)26(17(18)3)19-10-12-20(28-4)13-11-19/h6-15H,5H2,1-4H3. The molecule has 1 aliphatic rings. The predicted octanol–water partition coefficient (Wildman–Crippen LogP) is 5.01. The molecule has 1 aromatic heterocycles. The molecule has 4 heteroatoms. The fraction of sp³-hybridized carbons (Fsp3) is 0.208. The number of benzene rings is 2.